The third kappa shape index (κ3) is 10.3. The van der Waals surface area contributed by atoms with Gasteiger partial charge >= 0.3 is 0 Å². The summed E-state index contributed by atoms with van der Waals surface area (Å²) in [5.41, 5.74) is 21.9. The molecule has 14 rings (SSSR count). The Morgan fingerprint density at radius 1 is 0.529 bits per heavy atom. The van der Waals surface area contributed by atoms with Crippen molar-refractivity contribution in [2.45, 2.75) is 178 Å². The molecule has 5 atom stereocenters. The highest BCUT2D eigenvalue weighted by Gasteiger charge is 2.56. The van der Waals surface area contributed by atoms with Gasteiger partial charge in [0.25, 0.3) is 0 Å². The van der Waals surface area contributed by atoms with Gasteiger partial charge in [0.15, 0.2) is 0 Å². The molecule has 7 heteroatoms. The minimum Gasteiger partial charge on any atom is -0.353 e. The predicted molar refractivity (Wildman–Crippen MR) is 378 cm³/mol. The zero-order chi connectivity index (χ0) is 60.3. The number of aromatic nitrogens is 1. The second-order valence-electron chi connectivity index (χ2n) is 29.9. The van der Waals surface area contributed by atoms with Crippen LogP contribution in [-0.4, -0.2) is 33.0 Å². The number of rotatable bonds is 9. The van der Waals surface area contributed by atoms with Crippen molar-refractivity contribution in [2.75, 3.05) is 14.7 Å². The standard InChI is InChI=1S/C80H88BN5S/c1-77(2,3)53-32-40-60(41-33-53)82(61-42-34-54(35-43-61)78(4,5)6)64-48-72-75-73(49-64)86(63-46-38-56(39-47-63)80(10,11)12)76-68(51-74(87-76)83(57-24-16-13-17-25-57)58-26-18-14-19-27-58)81(75)67-50-66-65-30-22-23-31-69(65)84(59-28-20-15-21-29-59)70(66)52-71(67)85(72)62-44-36-55(37-45-62)79(7,8)9/h13,16-18,20,22-24,26-28,30-50,52,57,59,68,74,76H,14-15,19,21,25,29,51H2,1-12H3. The first-order valence-corrected chi connectivity index (χ1v) is 33.5. The van der Waals surface area contributed by atoms with Crippen LogP contribution in [0, 0.1) is 0 Å². The number of para-hydroxylation sites is 1. The molecular formula is C80H88BN5S. The lowest BCUT2D eigenvalue weighted by molar-refractivity contribution is 0.274. The van der Waals surface area contributed by atoms with Crippen LogP contribution in [0.2, 0.25) is 5.82 Å². The topological polar surface area (TPSA) is 17.9 Å². The number of fused-ring (bicyclic) bond motifs is 7. The van der Waals surface area contributed by atoms with Gasteiger partial charge in [-0.1, -0.05) is 204 Å². The third-order valence-corrected chi connectivity index (χ3v) is 21.5. The lowest BCUT2D eigenvalue weighted by Crippen LogP contribution is -2.60. The lowest BCUT2D eigenvalue weighted by atomic mass is 9.30. The van der Waals surface area contributed by atoms with Gasteiger partial charge in [0.05, 0.1) is 34.0 Å². The molecule has 0 N–H and O–H groups in total. The lowest BCUT2D eigenvalue weighted by Gasteiger charge is -2.49. The Balaban J connectivity index is 1.09. The quantitative estimate of drug-likeness (QED) is 0.106. The Labute approximate surface area is 524 Å². The molecular weight excluding hydrogens is 1070 g/mol. The van der Waals surface area contributed by atoms with Crippen LogP contribution in [-0.2, 0) is 21.7 Å². The van der Waals surface area contributed by atoms with Gasteiger partial charge in [-0.3, -0.25) is 0 Å². The molecule has 0 saturated carbocycles. The maximum Gasteiger partial charge on any atom is 0.223 e. The fourth-order valence-electron chi connectivity index (χ4n) is 15.2. The van der Waals surface area contributed by atoms with Crippen LogP contribution < -0.4 is 25.6 Å². The molecule has 0 spiro atoms. The molecule has 3 aliphatic heterocycles. The number of hydrogen-bond donors (Lipinski definition) is 0. The van der Waals surface area contributed by atoms with Gasteiger partial charge in [-0.15, -0.1) is 11.8 Å². The normalized spacial score (nSPS) is 20.9. The molecule has 0 radical (unpaired) electrons. The molecule has 0 amide bonds. The Hall–Kier alpha value is -7.35. The van der Waals surface area contributed by atoms with Crippen LogP contribution in [0.1, 0.15) is 156 Å². The third-order valence-electron chi connectivity index (χ3n) is 19.9. The van der Waals surface area contributed by atoms with E-state index in [1.807, 2.05) is 0 Å². The zero-order valence-corrected chi connectivity index (χ0v) is 54.4. The van der Waals surface area contributed by atoms with Crippen molar-refractivity contribution in [3.63, 3.8) is 0 Å². The summed E-state index contributed by atoms with van der Waals surface area (Å²) in [5.74, 6) is 0.250. The van der Waals surface area contributed by atoms with E-state index < -0.39 is 0 Å². The molecule has 1 saturated heterocycles. The molecule has 5 unspecified atom stereocenters. The Bertz CT molecular complexity index is 4020. The largest absolute Gasteiger partial charge is 0.353 e. The van der Waals surface area contributed by atoms with Crippen molar-refractivity contribution in [1.82, 2.24) is 9.47 Å². The monoisotopic (exact) mass is 1160 g/mol. The number of benzene rings is 7. The van der Waals surface area contributed by atoms with Gasteiger partial charge in [0, 0.05) is 61.8 Å². The molecule has 4 heterocycles. The number of anilines is 8. The van der Waals surface area contributed by atoms with E-state index in [2.05, 4.69) is 319 Å². The summed E-state index contributed by atoms with van der Waals surface area (Å²) in [6, 6.07) is 58.7. The van der Waals surface area contributed by atoms with E-state index in [-0.39, 0.29) is 57.0 Å². The number of nitrogens with zero attached hydrogens (tertiary/aromatic N) is 5. The highest BCUT2D eigenvalue weighted by atomic mass is 32.2. The van der Waals surface area contributed by atoms with Gasteiger partial charge in [-0.05, 0) is 184 Å². The minimum atomic E-state index is -0.00944. The van der Waals surface area contributed by atoms with Crippen LogP contribution in [0.15, 0.2) is 206 Å². The highest BCUT2D eigenvalue weighted by Crippen LogP contribution is 2.58. The molecule has 8 aromatic rings. The Morgan fingerprint density at radius 3 is 1.71 bits per heavy atom. The molecule has 87 heavy (non-hydrogen) atoms. The molecule has 1 fully saturated rings. The van der Waals surface area contributed by atoms with Crippen molar-refractivity contribution >= 4 is 96.7 Å². The second-order valence-corrected chi connectivity index (χ2v) is 31.2. The maximum absolute atomic E-state index is 2.84. The number of allylic oxidation sites excluding steroid dienone is 7. The molecule has 3 aliphatic carbocycles. The first-order chi connectivity index (χ1) is 41.7. The van der Waals surface area contributed by atoms with E-state index in [9.17, 15) is 0 Å². The molecule has 0 bridgehead atoms. The fourth-order valence-corrected chi connectivity index (χ4v) is 17.1. The van der Waals surface area contributed by atoms with Gasteiger partial charge in [0.1, 0.15) is 0 Å². The summed E-state index contributed by atoms with van der Waals surface area (Å²) in [5, 5.41) is 3.02. The smallest absolute Gasteiger partial charge is 0.223 e. The summed E-state index contributed by atoms with van der Waals surface area (Å²) in [7, 11) is 0. The van der Waals surface area contributed by atoms with Crippen LogP contribution in [0.25, 0.3) is 21.8 Å². The van der Waals surface area contributed by atoms with E-state index in [0.29, 0.717) is 0 Å². The van der Waals surface area contributed by atoms with Crippen molar-refractivity contribution in [1.29, 1.82) is 0 Å². The van der Waals surface area contributed by atoms with Crippen LogP contribution >= 0.6 is 11.8 Å². The average Bonchev–Trinajstić information content (AvgIpc) is 1.69. The maximum atomic E-state index is 2.84. The van der Waals surface area contributed by atoms with E-state index in [1.165, 1.54) is 95.5 Å². The first kappa shape index (κ1) is 57.4. The predicted octanol–water partition coefficient (Wildman–Crippen LogP) is 20.9. The van der Waals surface area contributed by atoms with Crippen molar-refractivity contribution in [3.05, 3.63) is 228 Å². The highest BCUT2D eigenvalue weighted by molar-refractivity contribution is 8.01. The summed E-state index contributed by atoms with van der Waals surface area (Å²) in [4.78, 5) is 10.9. The van der Waals surface area contributed by atoms with Crippen LogP contribution in [0.4, 0.5) is 45.5 Å². The first-order valence-electron chi connectivity index (χ1n) is 32.6. The van der Waals surface area contributed by atoms with E-state index in [0.717, 1.165) is 55.6 Å². The summed E-state index contributed by atoms with van der Waals surface area (Å²) in [6.45, 7) is 28.1. The van der Waals surface area contributed by atoms with Crippen molar-refractivity contribution in [3.8, 4) is 0 Å². The van der Waals surface area contributed by atoms with Gasteiger partial charge < -0.3 is 24.2 Å². The molecule has 6 aliphatic rings. The fraction of sp³-hybridized carbons (Fsp3) is 0.350. The Morgan fingerprint density at radius 2 is 1.14 bits per heavy atom. The Kier molecular flexibility index (Phi) is 14.4. The van der Waals surface area contributed by atoms with Crippen LogP contribution in [0.5, 0.6) is 0 Å². The minimum absolute atomic E-state index is 0.00327. The van der Waals surface area contributed by atoms with E-state index in [1.54, 1.807) is 0 Å². The van der Waals surface area contributed by atoms with E-state index >= 15 is 0 Å². The van der Waals surface area contributed by atoms with Gasteiger partial charge in [-0.2, -0.15) is 0 Å². The summed E-state index contributed by atoms with van der Waals surface area (Å²) < 4.78 is 2.70. The molecule has 442 valence electrons. The average molecular weight is 1160 g/mol. The van der Waals surface area contributed by atoms with Crippen molar-refractivity contribution in [2.24, 2.45) is 0 Å². The number of thioether (sulfide) groups is 1. The van der Waals surface area contributed by atoms with E-state index in [4.69, 9.17) is 0 Å². The molecule has 1 aromatic heterocycles. The van der Waals surface area contributed by atoms with Gasteiger partial charge in [0.2, 0.25) is 6.71 Å². The SMILES string of the molecule is CC(C)(C)c1ccc(N(c2ccc(C(C)(C)C)cc2)c2cc3c4c(c2)N(c2ccc(C(C)(C)C)cc2)C2SC(N(C5=CCCC=C5)C5C=CC=CC5)CC2B4c2cc4c5ccccc5n(C5C=CCCC5)c4cc2N3c2ccc(C(C)(C)C)cc2)cc1. The van der Waals surface area contributed by atoms with Crippen LogP contribution in [0.3, 0.4) is 0 Å². The molecule has 7 aromatic carbocycles. The zero-order valence-electron chi connectivity index (χ0n) is 53.6. The van der Waals surface area contributed by atoms with Crippen molar-refractivity contribution < 1.29 is 0 Å². The van der Waals surface area contributed by atoms with Gasteiger partial charge in [-0.25, -0.2) is 0 Å². The summed E-state index contributed by atoms with van der Waals surface area (Å²) >= 11 is 2.22. The number of hydrogen-bond acceptors (Lipinski definition) is 5. The molecule has 5 nitrogen and oxygen atoms in total. The second kappa shape index (κ2) is 21.8. The summed E-state index contributed by atoms with van der Waals surface area (Å²) in [6.07, 6.45) is 29.3.